The van der Waals surface area contributed by atoms with Gasteiger partial charge in [0.1, 0.15) is 6.07 Å². The highest BCUT2D eigenvalue weighted by Crippen LogP contribution is 2.22. The third-order valence-electron chi connectivity index (χ3n) is 5.19. The minimum Gasteiger partial charge on any atom is -0.390 e. The number of nitriles is 1. The van der Waals surface area contributed by atoms with Gasteiger partial charge in [-0.1, -0.05) is 36.4 Å². The molecule has 4 nitrogen and oxygen atoms in total. The van der Waals surface area contributed by atoms with Gasteiger partial charge in [-0.2, -0.15) is 5.26 Å². The van der Waals surface area contributed by atoms with E-state index in [0.717, 1.165) is 56.8 Å². The summed E-state index contributed by atoms with van der Waals surface area (Å²) in [5.41, 5.74) is 3.80. The monoisotopic (exact) mass is 363 g/mol. The van der Waals surface area contributed by atoms with Crippen LogP contribution >= 0.6 is 0 Å². The molecule has 1 saturated heterocycles. The van der Waals surface area contributed by atoms with E-state index in [1.54, 1.807) is 0 Å². The normalized spacial score (nSPS) is 15.6. The fourth-order valence-corrected chi connectivity index (χ4v) is 3.51. The van der Waals surface area contributed by atoms with Crippen LogP contribution in [0, 0.1) is 11.3 Å². The summed E-state index contributed by atoms with van der Waals surface area (Å²) in [4.78, 5) is 4.78. The molecule has 0 spiro atoms. The number of hydrogen-bond donors (Lipinski definition) is 1. The van der Waals surface area contributed by atoms with Gasteiger partial charge in [-0.05, 0) is 49.9 Å². The van der Waals surface area contributed by atoms with Crippen LogP contribution < -0.4 is 4.90 Å². The number of para-hydroxylation sites is 1. The van der Waals surface area contributed by atoms with Crippen molar-refractivity contribution in [2.75, 3.05) is 31.1 Å². The lowest BCUT2D eigenvalue weighted by Gasteiger charge is -2.36. The van der Waals surface area contributed by atoms with Gasteiger partial charge in [-0.3, -0.25) is 4.90 Å². The van der Waals surface area contributed by atoms with E-state index in [1.165, 1.54) is 11.1 Å². The highest BCUT2D eigenvalue weighted by atomic mass is 16.3. The van der Waals surface area contributed by atoms with E-state index in [4.69, 9.17) is 0 Å². The predicted octanol–water partition coefficient (Wildman–Crippen LogP) is 3.58. The number of hydrogen-bond acceptors (Lipinski definition) is 4. The SMILES string of the molecule is CC(C)(O)CCc1ccc(CN2CCN(c3ccccc3C#N)CC2)cc1. The third kappa shape index (κ3) is 5.56. The number of rotatable bonds is 6. The molecule has 4 heteroatoms. The first-order valence-corrected chi connectivity index (χ1v) is 9.71. The van der Waals surface area contributed by atoms with Crippen LogP contribution in [-0.2, 0) is 13.0 Å². The molecule has 1 N–H and O–H groups in total. The van der Waals surface area contributed by atoms with E-state index in [9.17, 15) is 10.4 Å². The van der Waals surface area contributed by atoms with Crippen LogP contribution in [0.4, 0.5) is 5.69 Å². The van der Waals surface area contributed by atoms with E-state index >= 15 is 0 Å². The molecule has 1 aliphatic heterocycles. The number of aliphatic hydroxyl groups is 1. The summed E-state index contributed by atoms with van der Waals surface area (Å²) in [6.07, 6.45) is 1.68. The molecule has 0 aliphatic carbocycles. The Bertz CT molecular complexity index is 779. The summed E-state index contributed by atoms with van der Waals surface area (Å²) in [6.45, 7) is 8.57. The lowest BCUT2D eigenvalue weighted by molar-refractivity contribution is 0.0714. The standard InChI is InChI=1S/C23H29N3O/c1-23(2,27)12-11-19-7-9-20(10-8-19)18-25-13-15-26(16-14-25)22-6-4-3-5-21(22)17-24/h3-10,27H,11-16,18H2,1-2H3. The third-order valence-corrected chi connectivity index (χ3v) is 5.19. The molecular formula is C23H29N3O. The molecule has 0 atom stereocenters. The highest BCUT2D eigenvalue weighted by molar-refractivity contribution is 5.59. The summed E-state index contributed by atoms with van der Waals surface area (Å²) >= 11 is 0. The number of piperazine rings is 1. The van der Waals surface area contributed by atoms with Crippen LogP contribution in [0.3, 0.4) is 0 Å². The fourth-order valence-electron chi connectivity index (χ4n) is 3.51. The van der Waals surface area contributed by atoms with Gasteiger partial charge in [0.05, 0.1) is 16.9 Å². The largest absolute Gasteiger partial charge is 0.390 e. The van der Waals surface area contributed by atoms with Crippen molar-refractivity contribution in [1.29, 1.82) is 5.26 Å². The Labute approximate surface area is 162 Å². The topological polar surface area (TPSA) is 50.5 Å². The van der Waals surface area contributed by atoms with Crippen molar-refractivity contribution in [3.63, 3.8) is 0 Å². The quantitative estimate of drug-likeness (QED) is 0.852. The molecule has 2 aromatic rings. The first kappa shape index (κ1) is 19.4. The summed E-state index contributed by atoms with van der Waals surface area (Å²) in [6, 6.07) is 18.9. The van der Waals surface area contributed by atoms with E-state index in [-0.39, 0.29) is 0 Å². The Balaban J connectivity index is 1.51. The molecule has 2 aromatic carbocycles. The molecule has 0 amide bonds. The molecule has 142 valence electrons. The Morgan fingerprint density at radius 2 is 1.59 bits per heavy atom. The van der Waals surface area contributed by atoms with Crippen molar-refractivity contribution in [2.45, 2.75) is 38.8 Å². The fraction of sp³-hybridized carbons (Fsp3) is 0.435. The smallest absolute Gasteiger partial charge is 0.101 e. The molecule has 0 bridgehead atoms. The molecule has 1 heterocycles. The van der Waals surface area contributed by atoms with Crippen LogP contribution in [-0.4, -0.2) is 41.8 Å². The number of anilines is 1. The summed E-state index contributed by atoms with van der Waals surface area (Å²) in [5, 5.41) is 19.2. The van der Waals surface area contributed by atoms with Crippen molar-refractivity contribution in [2.24, 2.45) is 0 Å². The van der Waals surface area contributed by atoms with E-state index in [1.807, 2.05) is 38.1 Å². The molecule has 0 radical (unpaired) electrons. The maximum absolute atomic E-state index is 9.86. The lowest BCUT2D eigenvalue weighted by atomic mass is 9.98. The Morgan fingerprint density at radius 3 is 2.22 bits per heavy atom. The first-order valence-electron chi connectivity index (χ1n) is 9.71. The van der Waals surface area contributed by atoms with E-state index in [2.05, 4.69) is 40.1 Å². The second-order valence-electron chi connectivity index (χ2n) is 8.02. The van der Waals surface area contributed by atoms with Crippen LogP contribution in [0.25, 0.3) is 0 Å². The Kier molecular flexibility index (Phi) is 6.15. The molecule has 1 fully saturated rings. The zero-order chi connectivity index (χ0) is 19.3. The van der Waals surface area contributed by atoms with Gasteiger partial charge in [0.2, 0.25) is 0 Å². The van der Waals surface area contributed by atoms with Crippen LogP contribution in [0.2, 0.25) is 0 Å². The number of benzene rings is 2. The van der Waals surface area contributed by atoms with Gasteiger partial charge < -0.3 is 10.0 Å². The summed E-state index contributed by atoms with van der Waals surface area (Å²) in [7, 11) is 0. The number of nitrogens with zero attached hydrogens (tertiary/aromatic N) is 3. The maximum atomic E-state index is 9.86. The zero-order valence-electron chi connectivity index (χ0n) is 16.4. The average molecular weight is 364 g/mol. The lowest BCUT2D eigenvalue weighted by Crippen LogP contribution is -2.46. The first-order chi connectivity index (χ1) is 12.9. The van der Waals surface area contributed by atoms with Gasteiger partial charge in [-0.25, -0.2) is 0 Å². The van der Waals surface area contributed by atoms with E-state index in [0.29, 0.717) is 0 Å². The van der Waals surface area contributed by atoms with Crippen molar-refractivity contribution in [1.82, 2.24) is 4.90 Å². The second kappa shape index (κ2) is 8.56. The van der Waals surface area contributed by atoms with Gasteiger partial charge in [0.25, 0.3) is 0 Å². The zero-order valence-corrected chi connectivity index (χ0v) is 16.4. The molecular weight excluding hydrogens is 334 g/mol. The average Bonchev–Trinajstić information content (AvgIpc) is 2.67. The van der Waals surface area contributed by atoms with Crippen LogP contribution in [0.1, 0.15) is 37.0 Å². The minimum absolute atomic E-state index is 0.609. The maximum Gasteiger partial charge on any atom is 0.101 e. The van der Waals surface area contributed by atoms with Gasteiger partial charge >= 0.3 is 0 Å². The van der Waals surface area contributed by atoms with E-state index < -0.39 is 5.60 Å². The molecule has 0 unspecified atom stereocenters. The van der Waals surface area contributed by atoms with Gasteiger partial charge in [-0.15, -0.1) is 0 Å². The minimum atomic E-state index is -0.609. The Hall–Kier alpha value is -2.35. The summed E-state index contributed by atoms with van der Waals surface area (Å²) < 4.78 is 0. The summed E-state index contributed by atoms with van der Waals surface area (Å²) in [5.74, 6) is 0. The molecule has 1 aliphatic rings. The van der Waals surface area contributed by atoms with Crippen molar-refractivity contribution in [3.8, 4) is 6.07 Å². The number of aryl methyl sites for hydroxylation is 1. The molecule has 3 rings (SSSR count). The van der Waals surface area contributed by atoms with Gasteiger partial charge in [0.15, 0.2) is 0 Å². The Morgan fingerprint density at radius 1 is 0.963 bits per heavy atom. The molecule has 0 aromatic heterocycles. The van der Waals surface area contributed by atoms with Gasteiger partial charge in [0, 0.05) is 32.7 Å². The molecule has 0 saturated carbocycles. The van der Waals surface area contributed by atoms with Crippen LogP contribution in [0.15, 0.2) is 48.5 Å². The van der Waals surface area contributed by atoms with Crippen molar-refractivity contribution in [3.05, 3.63) is 65.2 Å². The van der Waals surface area contributed by atoms with Crippen molar-refractivity contribution >= 4 is 5.69 Å². The van der Waals surface area contributed by atoms with Crippen LogP contribution in [0.5, 0.6) is 0 Å². The highest BCUT2D eigenvalue weighted by Gasteiger charge is 2.19. The van der Waals surface area contributed by atoms with Crippen molar-refractivity contribution < 1.29 is 5.11 Å². The molecule has 27 heavy (non-hydrogen) atoms. The second-order valence-corrected chi connectivity index (χ2v) is 8.02. The predicted molar refractivity (Wildman–Crippen MR) is 110 cm³/mol.